The van der Waals surface area contributed by atoms with Crippen LogP contribution in [0.15, 0.2) is 127 Å². The average molecular weight is 734 g/mol. The van der Waals surface area contributed by atoms with Gasteiger partial charge in [0.15, 0.2) is 0 Å². The molecule has 4 aliphatic carbocycles. The summed E-state index contributed by atoms with van der Waals surface area (Å²) in [5, 5.41) is 30.3. The van der Waals surface area contributed by atoms with Crippen molar-refractivity contribution in [3.05, 3.63) is 144 Å². The minimum absolute atomic E-state index is 0.00780. The van der Waals surface area contributed by atoms with Crippen LogP contribution in [0.25, 0.3) is 0 Å². The molecule has 0 aromatic heterocycles. The number of nitrogens with two attached hydrogens (primary N) is 3. The molecule has 0 atom stereocenters. The summed E-state index contributed by atoms with van der Waals surface area (Å²) < 4.78 is 18.4. The van der Waals surface area contributed by atoms with Crippen molar-refractivity contribution in [2.75, 3.05) is 17.2 Å². The number of ether oxygens (including phenoxy) is 3. The van der Waals surface area contributed by atoms with Crippen LogP contribution in [0.1, 0.15) is 55.2 Å². The summed E-state index contributed by atoms with van der Waals surface area (Å²) in [5.74, 6) is 4.14. The number of benzene rings is 6. The standard InChI is InChI=1S/C46H43N3O6/c47-38-16-13-35(19-41(38)50)53-32-7-1-29(2-8-32)44-22-28-23-45(25-44,30-3-9-33(10-4-30)54-36-14-17-39(48)42(51)20-36)27-46(24-28,26-44)31-5-11-34(12-6-31)55-37-15-18-40(49)43(52)21-37/h1-21,28,50-52H,22-27,47-49H2. The molecule has 55 heavy (non-hydrogen) atoms. The van der Waals surface area contributed by atoms with E-state index in [-0.39, 0.29) is 33.5 Å². The largest absolute Gasteiger partial charge is 0.506 e. The van der Waals surface area contributed by atoms with Gasteiger partial charge in [-0.25, -0.2) is 0 Å². The molecule has 4 bridgehead atoms. The summed E-state index contributed by atoms with van der Waals surface area (Å²) in [6.07, 6.45) is 6.43. The van der Waals surface area contributed by atoms with E-state index in [9.17, 15) is 15.3 Å². The number of nitrogen functional groups attached to an aromatic ring is 3. The van der Waals surface area contributed by atoms with Gasteiger partial charge in [0.25, 0.3) is 0 Å². The molecule has 9 nitrogen and oxygen atoms in total. The average Bonchev–Trinajstić information content (AvgIpc) is 3.16. The predicted octanol–water partition coefficient (Wildman–Crippen LogP) is 10.0. The van der Waals surface area contributed by atoms with Gasteiger partial charge in [-0.1, -0.05) is 36.4 Å². The first-order valence-electron chi connectivity index (χ1n) is 18.6. The molecule has 278 valence electrons. The van der Waals surface area contributed by atoms with Crippen molar-refractivity contribution < 1.29 is 29.5 Å². The second kappa shape index (κ2) is 12.8. The second-order valence-electron chi connectivity index (χ2n) is 15.9. The van der Waals surface area contributed by atoms with Gasteiger partial charge >= 0.3 is 0 Å². The number of hydrogen-bond acceptors (Lipinski definition) is 9. The van der Waals surface area contributed by atoms with E-state index in [2.05, 4.69) is 36.4 Å². The monoisotopic (exact) mass is 733 g/mol. The van der Waals surface area contributed by atoms with Crippen LogP contribution in [0.5, 0.6) is 51.7 Å². The van der Waals surface area contributed by atoms with Crippen LogP contribution >= 0.6 is 0 Å². The van der Waals surface area contributed by atoms with Gasteiger partial charge in [-0.3, -0.25) is 0 Å². The molecule has 0 spiro atoms. The smallest absolute Gasteiger partial charge is 0.142 e. The number of phenolic OH excluding ortho intramolecular Hbond substituents is 3. The first-order valence-corrected chi connectivity index (χ1v) is 18.6. The molecule has 0 unspecified atom stereocenters. The van der Waals surface area contributed by atoms with Gasteiger partial charge in [0, 0.05) is 18.2 Å². The Hall–Kier alpha value is -6.48. The number of hydrogen-bond donors (Lipinski definition) is 6. The molecule has 6 aromatic carbocycles. The molecule has 10 rings (SSSR count). The van der Waals surface area contributed by atoms with Gasteiger partial charge in [-0.05, 0) is 150 Å². The summed E-state index contributed by atoms with van der Waals surface area (Å²) in [5.41, 5.74) is 22.1. The minimum Gasteiger partial charge on any atom is -0.506 e. The summed E-state index contributed by atoms with van der Waals surface area (Å²) in [6, 6.07) is 40.3. The third-order valence-electron chi connectivity index (χ3n) is 12.2. The Bertz CT molecular complexity index is 2120. The lowest BCUT2D eigenvalue weighted by Gasteiger charge is -2.67. The number of phenols is 3. The van der Waals surface area contributed by atoms with Crippen LogP contribution in [-0.4, -0.2) is 15.3 Å². The van der Waals surface area contributed by atoms with Gasteiger partial charge in [0.2, 0.25) is 0 Å². The highest BCUT2D eigenvalue weighted by atomic mass is 16.5. The lowest BCUT2D eigenvalue weighted by Crippen LogP contribution is -2.61. The van der Waals surface area contributed by atoms with Gasteiger partial charge in [-0.15, -0.1) is 0 Å². The van der Waals surface area contributed by atoms with E-state index in [0.29, 0.717) is 57.5 Å². The Morgan fingerprint density at radius 2 is 0.636 bits per heavy atom. The topological polar surface area (TPSA) is 166 Å². The van der Waals surface area contributed by atoms with Crippen LogP contribution in [0, 0.1) is 5.92 Å². The van der Waals surface area contributed by atoms with E-state index in [0.717, 1.165) is 38.5 Å². The fraction of sp³-hybridized carbons (Fsp3) is 0.217. The maximum atomic E-state index is 10.1. The molecular formula is C46H43N3O6. The molecule has 0 radical (unpaired) electrons. The van der Waals surface area contributed by atoms with Gasteiger partial charge < -0.3 is 46.7 Å². The Balaban J connectivity index is 1.05. The third-order valence-corrected chi connectivity index (χ3v) is 12.2. The maximum Gasteiger partial charge on any atom is 0.142 e. The molecular weight excluding hydrogens is 691 g/mol. The molecule has 4 saturated carbocycles. The molecule has 0 heterocycles. The molecule has 4 aliphatic rings. The van der Waals surface area contributed by atoms with Crippen molar-refractivity contribution >= 4 is 17.1 Å². The SMILES string of the molecule is Nc1ccc(Oc2ccc(C34CC5CC(c6ccc(Oc7ccc(N)c(O)c7)cc6)(C3)CC(c3ccc(Oc6ccc(N)c(O)c6)cc3)(C5)C4)cc2)cc1O. The zero-order valence-corrected chi connectivity index (χ0v) is 30.2. The van der Waals surface area contributed by atoms with Crippen molar-refractivity contribution in [3.8, 4) is 51.7 Å². The maximum absolute atomic E-state index is 10.1. The number of rotatable bonds is 9. The van der Waals surface area contributed by atoms with Crippen molar-refractivity contribution in [1.82, 2.24) is 0 Å². The normalized spacial score (nSPS) is 23.7. The summed E-state index contributed by atoms with van der Waals surface area (Å²) >= 11 is 0. The number of aromatic hydroxyl groups is 3. The van der Waals surface area contributed by atoms with E-state index in [1.165, 1.54) is 34.9 Å². The molecule has 6 aromatic rings. The van der Waals surface area contributed by atoms with E-state index in [4.69, 9.17) is 31.4 Å². The molecule has 4 fully saturated rings. The van der Waals surface area contributed by atoms with Crippen molar-refractivity contribution in [2.45, 2.75) is 54.8 Å². The Morgan fingerprint density at radius 3 is 0.891 bits per heavy atom. The fourth-order valence-corrected chi connectivity index (χ4v) is 10.2. The van der Waals surface area contributed by atoms with Crippen LogP contribution in [0.2, 0.25) is 0 Å². The summed E-state index contributed by atoms with van der Waals surface area (Å²) in [4.78, 5) is 0. The summed E-state index contributed by atoms with van der Waals surface area (Å²) in [7, 11) is 0. The van der Waals surface area contributed by atoms with Crippen molar-refractivity contribution in [3.63, 3.8) is 0 Å². The van der Waals surface area contributed by atoms with Gasteiger partial charge in [0.05, 0.1) is 17.1 Å². The molecule has 0 aliphatic heterocycles. The lowest BCUT2D eigenvalue weighted by atomic mass is 9.36. The van der Waals surface area contributed by atoms with Crippen molar-refractivity contribution in [1.29, 1.82) is 0 Å². The number of anilines is 3. The van der Waals surface area contributed by atoms with Crippen LogP contribution in [0.3, 0.4) is 0 Å². The lowest BCUT2D eigenvalue weighted by molar-refractivity contribution is -0.0493. The van der Waals surface area contributed by atoms with E-state index in [1.54, 1.807) is 36.4 Å². The summed E-state index contributed by atoms with van der Waals surface area (Å²) in [6.45, 7) is 0. The van der Waals surface area contributed by atoms with E-state index in [1.807, 2.05) is 36.4 Å². The van der Waals surface area contributed by atoms with Crippen LogP contribution in [0.4, 0.5) is 17.1 Å². The van der Waals surface area contributed by atoms with Crippen LogP contribution in [-0.2, 0) is 16.2 Å². The van der Waals surface area contributed by atoms with Gasteiger partial charge in [-0.2, -0.15) is 0 Å². The fourth-order valence-electron chi connectivity index (χ4n) is 10.2. The van der Waals surface area contributed by atoms with Crippen molar-refractivity contribution in [2.24, 2.45) is 5.92 Å². The molecule has 0 saturated heterocycles. The first kappa shape index (κ1) is 34.3. The van der Waals surface area contributed by atoms with E-state index >= 15 is 0 Å². The second-order valence-corrected chi connectivity index (χ2v) is 15.9. The Labute approximate surface area is 319 Å². The molecule has 9 N–H and O–H groups in total. The zero-order valence-electron chi connectivity index (χ0n) is 30.2. The Morgan fingerprint density at radius 1 is 0.382 bits per heavy atom. The molecule has 0 amide bonds. The molecule has 9 heteroatoms. The quantitative estimate of drug-likeness (QED) is 0.0626. The highest BCUT2D eigenvalue weighted by Gasteiger charge is 2.64. The highest BCUT2D eigenvalue weighted by Crippen LogP contribution is 2.71. The Kier molecular flexibility index (Phi) is 8.00. The third kappa shape index (κ3) is 6.25. The zero-order chi connectivity index (χ0) is 38.0. The van der Waals surface area contributed by atoms with Crippen LogP contribution < -0.4 is 31.4 Å². The first-order chi connectivity index (χ1) is 26.5. The predicted molar refractivity (Wildman–Crippen MR) is 213 cm³/mol. The minimum atomic E-state index is -0.0647. The highest BCUT2D eigenvalue weighted by molar-refractivity contribution is 5.57. The van der Waals surface area contributed by atoms with Gasteiger partial charge in [0.1, 0.15) is 51.7 Å². The van der Waals surface area contributed by atoms with E-state index < -0.39 is 0 Å².